The molecule has 0 N–H and O–H groups in total. The second-order valence-electron chi connectivity index (χ2n) is 3.31. The van der Waals surface area contributed by atoms with Crippen LogP contribution >= 0.6 is 0 Å². The molecule has 0 bridgehead atoms. The number of rotatable bonds is 2. The molecule has 2 rings (SSSR count). The molecule has 3 nitrogen and oxygen atoms in total. The first-order chi connectivity index (χ1) is 7.27. The molecule has 4 heteroatoms. The standard InChI is InChI=1S/C11H12O3S/c12-15(13)11-3-1-9(2-4-11)10-5-7-14-8-6-10/h1-5H,6-8H2,(H,12,13)/p-1. The number of benzene rings is 1. The van der Waals surface area contributed by atoms with Crippen LogP contribution in [-0.4, -0.2) is 22.0 Å². The lowest BCUT2D eigenvalue weighted by atomic mass is 10.0. The van der Waals surface area contributed by atoms with Crippen LogP contribution in [0.4, 0.5) is 0 Å². The van der Waals surface area contributed by atoms with Gasteiger partial charge in [0.1, 0.15) is 0 Å². The first-order valence-corrected chi connectivity index (χ1v) is 5.81. The summed E-state index contributed by atoms with van der Waals surface area (Å²) in [7, 11) is 0. The highest BCUT2D eigenvalue weighted by Gasteiger charge is 2.05. The van der Waals surface area contributed by atoms with E-state index in [4.69, 9.17) is 4.74 Å². The summed E-state index contributed by atoms with van der Waals surface area (Å²) in [6.07, 6.45) is 2.92. The van der Waals surface area contributed by atoms with Crippen molar-refractivity contribution in [1.29, 1.82) is 0 Å². The zero-order valence-electron chi connectivity index (χ0n) is 8.14. The Kier molecular flexibility index (Phi) is 3.30. The monoisotopic (exact) mass is 223 g/mol. The third-order valence-corrected chi connectivity index (χ3v) is 3.04. The van der Waals surface area contributed by atoms with E-state index in [2.05, 4.69) is 0 Å². The third-order valence-electron chi connectivity index (χ3n) is 2.38. The zero-order valence-corrected chi connectivity index (χ0v) is 8.96. The Bertz CT molecular complexity index is 395. The summed E-state index contributed by atoms with van der Waals surface area (Å²) >= 11 is -2.14. The largest absolute Gasteiger partial charge is 0.768 e. The molecule has 1 heterocycles. The second kappa shape index (κ2) is 4.70. The van der Waals surface area contributed by atoms with Gasteiger partial charge in [-0.1, -0.05) is 18.2 Å². The van der Waals surface area contributed by atoms with Crippen molar-refractivity contribution in [3.8, 4) is 0 Å². The van der Waals surface area contributed by atoms with Crippen molar-refractivity contribution in [1.82, 2.24) is 0 Å². The highest BCUT2D eigenvalue weighted by molar-refractivity contribution is 7.79. The van der Waals surface area contributed by atoms with Gasteiger partial charge in [0, 0.05) is 4.90 Å². The van der Waals surface area contributed by atoms with E-state index in [0.29, 0.717) is 11.5 Å². The molecule has 15 heavy (non-hydrogen) atoms. The fraction of sp³-hybridized carbons (Fsp3) is 0.273. The quantitative estimate of drug-likeness (QED) is 0.717. The molecular formula is C11H11O3S-. The van der Waals surface area contributed by atoms with Crippen molar-refractivity contribution in [2.75, 3.05) is 13.2 Å². The Morgan fingerprint density at radius 1 is 1.27 bits per heavy atom. The maximum absolute atomic E-state index is 10.7. The molecule has 1 unspecified atom stereocenters. The van der Waals surface area contributed by atoms with E-state index in [0.717, 1.165) is 18.6 Å². The predicted molar refractivity (Wildman–Crippen MR) is 57.0 cm³/mol. The topological polar surface area (TPSA) is 49.4 Å². The van der Waals surface area contributed by atoms with Crippen LogP contribution in [0, 0.1) is 0 Å². The van der Waals surface area contributed by atoms with E-state index in [1.54, 1.807) is 12.1 Å². The maximum atomic E-state index is 10.7. The van der Waals surface area contributed by atoms with Crippen molar-refractivity contribution in [2.24, 2.45) is 0 Å². The highest BCUT2D eigenvalue weighted by Crippen LogP contribution is 2.21. The van der Waals surface area contributed by atoms with Crippen LogP contribution in [0.15, 0.2) is 35.2 Å². The molecule has 80 valence electrons. The third kappa shape index (κ3) is 2.53. The number of hydrogen-bond donors (Lipinski definition) is 0. The maximum Gasteiger partial charge on any atom is 0.0653 e. The van der Waals surface area contributed by atoms with Gasteiger partial charge in [-0.3, -0.25) is 4.21 Å². The Labute approximate surface area is 91.1 Å². The minimum Gasteiger partial charge on any atom is -0.768 e. The lowest BCUT2D eigenvalue weighted by molar-refractivity contribution is 0.161. The molecule has 0 aliphatic carbocycles. The fourth-order valence-corrected chi connectivity index (χ4v) is 1.93. The molecular weight excluding hydrogens is 212 g/mol. The van der Waals surface area contributed by atoms with Gasteiger partial charge >= 0.3 is 0 Å². The zero-order chi connectivity index (χ0) is 10.7. The van der Waals surface area contributed by atoms with Crippen LogP contribution in [0.3, 0.4) is 0 Å². The second-order valence-corrected chi connectivity index (χ2v) is 4.25. The van der Waals surface area contributed by atoms with Crippen molar-refractivity contribution in [3.05, 3.63) is 35.9 Å². The van der Waals surface area contributed by atoms with E-state index in [-0.39, 0.29) is 0 Å². The van der Waals surface area contributed by atoms with Crippen molar-refractivity contribution in [2.45, 2.75) is 11.3 Å². The molecule has 0 spiro atoms. The first-order valence-electron chi connectivity index (χ1n) is 4.74. The van der Waals surface area contributed by atoms with Gasteiger partial charge in [0.05, 0.1) is 13.2 Å². The molecule has 0 amide bonds. The SMILES string of the molecule is O=S([O-])c1ccc(C2=CCOCC2)cc1. The molecule has 1 atom stereocenters. The van der Waals surface area contributed by atoms with E-state index in [1.165, 1.54) is 5.57 Å². The summed E-state index contributed by atoms with van der Waals surface area (Å²) in [6.45, 7) is 1.38. The van der Waals surface area contributed by atoms with Crippen molar-refractivity contribution >= 4 is 16.7 Å². The van der Waals surface area contributed by atoms with Gasteiger partial charge in [-0.2, -0.15) is 0 Å². The van der Waals surface area contributed by atoms with Gasteiger partial charge in [-0.05, 0) is 40.8 Å². The molecule has 1 aliphatic rings. The smallest absolute Gasteiger partial charge is 0.0653 e. The summed E-state index contributed by atoms with van der Waals surface area (Å²) in [5.41, 5.74) is 2.30. The van der Waals surface area contributed by atoms with E-state index in [9.17, 15) is 8.76 Å². The van der Waals surface area contributed by atoms with Crippen LogP contribution in [-0.2, 0) is 15.8 Å². The summed E-state index contributed by atoms with van der Waals surface area (Å²) in [5.74, 6) is 0. The average molecular weight is 223 g/mol. The lowest BCUT2D eigenvalue weighted by Crippen LogP contribution is -2.03. The summed E-state index contributed by atoms with van der Waals surface area (Å²) in [5, 5.41) is 0. The van der Waals surface area contributed by atoms with Gasteiger partial charge < -0.3 is 9.29 Å². The number of hydrogen-bond acceptors (Lipinski definition) is 3. The predicted octanol–water partition coefficient (Wildman–Crippen LogP) is 1.73. The van der Waals surface area contributed by atoms with Crippen molar-refractivity contribution < 1.29 is 13.5 Å². The Balaban J connectivity index is 2.23. The Morgan fingerprint density at radius 3 is 2.53 bits per heavy atom. The van der Waals surface area contributed by atoms with Crippen LogP contribution in [0.5, 0.6) is 0 Å². The van der Waals surface area contributed by atoms with Crippen LogP contribution in [0.1, 0.15) is 12.0 Å². The van der Waals surface area contributed by atoms with Crippen LogP contribution in [0.25, 0.3) is 5.57 Å². The Hall–Kier alpha value is -0.970. The normalized spacial score (nSPS) is 18.3. The molecule has 0 saturated heterocycles. The van der Waals surface area contributed by atoms with Gasteiger partial charge in [0.2, 0.25) is 0 Å². The number of ether oxygens (including phenoxy) is 1. The van der Waals surface area contributed by atoms with Gasteiger partial charge in [0.25, 0.3) is 0 Å². The molecule has 0 saturated carbocycles. The van der Waals surface area contributed by atoms with Crippen LogP contribution in [0.2, 0.25) is 0 Å². The summed E-state index contributed by atoms with van der Waals surface area (Å²) in [4.78, 5) is 0.325. The fourth-order valence-electron chi connectivity index (χ4n) is 1.57. The average Bonchev–Trinajstić information content (AvgIpc) is 2.30. The van der Waals surface area contributed by atoms with E-state index in [1.807, 2.05) is 18.2 Å². The molecule has 1 aliphatic heterocycles. The molecule has 0 aromatic heterocycles. The minimum atomic E-state index is -2.14. The van der Waals surface area contributed by atoms with Gasteiger partial charge in [0.15, 0.2) is 0 Å². The molecule has 0 radical (unpaired) electrons. The van der Waals surface area contributed by atoms with E-state index >= 15 is 0 Å². The first kappa shape index (κ1) is 10.5. The lowest BCUT2D eigenvalue weighted by Gasteiger charge is -2.14. The van der Waals surface area contributed by atoms with E-state index < -0.39 is 11.1 Å². The van der Waals surface area contributed by atoms with Crippen LogP contribution < -0.4 is 0 Å². The summed E-state index contributed by atoms with van der Waals surface area (Å²) in [6, 6.07) is 6.91. The Morgan fingerprint density at radius 2 is 2.00 bits per heavy atom. The van der Waals surface area contributed by atoms with Gasteiger partial charge in [-0.15, -0.1) is 0 Å². The van der Waals surface area contributed by atoms with Gasteiger partial charge in [-0.25, -0.2) is 0 Å². The molecule has 1 aromatic rings. The highest BCUT2D eigenvalue weighted by atomic mass is 32.2. The minimum absolute atomic E-state index is 0.325. The molecule has 1 aromatic carbocycles. The van der Waals surface area contributed by atoms with Crippen molar-refractivity contribution in [3.63, 3.8) is 0 Å². The summed E-state index contributed by atoms with van der Waals surface area (Å²) < 4.78 is 26.5. The molecule has 0 fully saturated rings.